The summed E-state index contributed by atoms with van der Waals surface area (Å²) in [5.74, 6) is 1.14. The average Bonchev–Trinajstić information content (AvgIpc) is 2.83. The summed E-state index contributed by atoms with van der Waals surface area (Å²) in [6.45, 7) is 2.33. The minimum atomic E-state index is 0.214. The molecule has 0 aromatic heterocycles. The van der Waals surface area contributed by atoms with E-state index in [1.807, 2.05) is 18.2 Å². The molecule has 0 radical (unpaired) electrons. The lowest BCUT2D eigenvalue weighted by molar-refractivity contribution is 0.0338. The van der Waals surface area contributed by atoms with Crippen molar-refractivity contribution in [3.8, 4) is 5.75 Å². The van der Waals surface area contributed by atoms with Crippen LogP contribution in [0.5, 0.6) is 5.75 Å². The number of aliphatic hydroxyl groups excluding tert-OH is 1. The van der Waals surface area contributed by atoms with Crippen molar-refractivity contribution in [1.82, 2.24) is 0 Å². The van der Waals surface area contributed by atoms with E-state index in [-0.39, 0.29) is 12.5 Å². The van der Waals surface area contributed by atoms with Gasteiger partial charge in [-0.05, 0) is 56.2 Å². The molecular weight excluding hydrogens is 240 g/mol. The van der Waals surface area contributed by atoms with Crippen molar-refractivity contribution < 1.29 is 14.6 Å². The van der Waals surface area contributed by atoms with Gasteiger partial charge in [-0.1, -0.05) is 12.1 Å². The third-order valence-electron chi connectivity index (χ3n) is 3.83. The van der Waals surface area contributed by atoms with Crippen molar-refractivity contribution in [2.45, 2.75) is 44.8 Å². The van der Waals surface area contributed by atoms with Gasteiger partial charge >= 0.3 is 0 Å². The first-order valence-corrected chi connectivity index (χ1v) is 7.10. The summed E-state index contributed by atoms with van der Waals surface area (Å²) in [7, 11) is 1.68. The molecule has 0 saturated carbocycles. The molecule has 19 heavy (non-hydrogen) atoms. The molecule has 3 unspecified atom stereocenters. The predicted molar refractivity (Wildman–Crippen MR) is 75.5 cm³/mol. The van der Waals surface area contributed by atoms with Gasteiger partial charge in [-0.2, -0.15) is 0 Å². The van der Waals surface area contributed by atoms with Crippen LogP contribution >= 0.6 is 0 Å². The van der Waals surface area contributed by atoms with Gasteiger partial charge < -0.3 is 14.6 Å². The molecule has 1 aliphatic rings. The van der Waals surface area contributed by atoms with Crippen LogP contribution in [0.3, 0.4) is 0 Å². The fourth-order valence-corrected chi connectivity index (χ4v) is 2.79. The Morgan fingerprint density at radius 3 is 2.89 bits per heavy atom. The summed E-state index contributed by atoms with van der Waals surface area (Å²) in [4.78, 5) is 0. The van der Waals surface area contributed by atoms with E-state index in [0.29, 0.717) is 12.2 Å². The highest BCUT2D eigenvalue weighted by Gasteiger charge is 2.24. The van der Waals surface area contributed by atoms with Gasteiger partial charge in [0.15, 0.2) is 0 Å². The van der Waals surface area contributed by atoms with Crippen LogP contribution in [-0.4, -0.2) is 31.0 Å². The number of ether oxygens (including phenoxy) is 2. The van der Waals surface area contributed by atoms with Crippen LogP contribution in [0.25, 0.3) is 0 Å². The molecule has 1 aliphatic heterocycles. The van der Waals surface area contributed by atoms with Gasteiger partial charge in [-0.15, -0.1) is 0 Å². The lowest BCUT2D eigenvalue weighted by Crippen LogP contribution is -2.19. The van der Waals surface area contributed by atoms with E-state index in [9.17, 15) is 5.11 Å². The fourth-order valence-electron chi connectivity index (χ4n) is 2.79. The molecular formula is C16H24O3. The summed E-state index contributed by atoms with van der Waals surface area (Å²) in [5, 5.41) is 9.55. The van der Waals surface area contributed by atoms with Crippen LogP contribution in [0.1, 0.15) is 31.7 Å². The average molecular weight is 264 g/mol. The van der Waals surface area contributed by atoms with Gasteiger partial charge in [-0.25, -0.2) is 0 Å². The Morgan fingerprint density at radius 1 is 1.42 bits per heavy atom. The molecule has 1 fully saturated rings. The standard InChI is InChI=1S/C16H24O3/c1-12-6-7-16(19-12)10-14(11-17)8-13-4-3-5-15(9-13)18-2/h3-5,9,12,14,16-17H,6-8,10-11H2,1-2H3. The van der Waals surface area contributed by atoms with E-state index in [2.05, 4.69) is 13.0 Å². The Bertz CT molecular complexity index is 391. The van der Waals surface area contributed by atoms with E-state index >= 15 is 0 Å². The van der Waals surface area contributed by atoms with Crippen LogP contribution in [0.2, 0.25) is 0 Å². The van der Waals surface area contributed by atoms with Gasteiger partial charge in [0.2, 0.25) is 0 Å². The lowest BCUT2D eigenvalue weighted by atomic mass is 9.93. The maximum absolute atomic E-state index is 9.55. The summed E-state index contributed by atoms with van der Waals surface area (Å²) < 4.78 is 11.1. The van der Waals surface area contributed by atoms with Gasteiger partial charge in [0.05, 0.1) is 19.3 Å². The van der Waals surface area contributed by atoms with Gasteiger partial charge in [0.25, 0.3) is 0 Å². The van der Waals surface area contributed by atoms with Gasteiger partial charge in [0.1, 0.15) is 5.75 Å². The predicted octanol–water partition coefficient (Wildman–Crippen LogP) is 2.80. The molecule has 3 nitrogen and oxygen atoms in total. The van der Waals surface area contributed by atoms with Crippen LogP contribution in [0.15, 0.2) is 24.3 Å². The minimum absolute atomic E-state index is 0.214. The zero-order valence-corrected chi connectivity index (χ0v) is 11.8. The maximum Gasteiger partial charge on any atom is 0.119 e. The summed E-state index contributed by atoms with van der Waals surface area (Å²) in [6.07, 6.45) is 4.77. The lowest BCUT2D eigenvalue weighted by Gasteiger charge is -2.19. The van der Waals surface area contributed by atoms with E-state index in [0.717, 1.165) is 31.4 Å². The summed E-state index contributed by atoms with van der Waals surface area (Å²) in [6, 6.07) is 8.07. The Hall–Kier alpha value is -1.06. The van der Waals surface area contributed by atoms with Crippen molar-refractivity contribution >= 4 is 0 Å². The van der Waals surface area contributed by atoms with Crippen molar-refractivity contribution in [3.05, 3.63) is 29.8 Å². The van der Waals surface area contributed by atoms with Crippen LogP contribution in [0.4, 0.5) is 0 Å². The fraction of sp³-hybridized carbons (Fsp3) is 0.625. The SMILES string of the molecule is COc1cccc(CC(CO)CC2CCC(C)O2)c1. The molecule has 1 aromatic carbocycles. The highest BCUT2D eigenvalue weighted by atomic mass is 16.5. The Morgan fingerprint density at radius 2 is 2.26 bits per heavy atom. The van der Waals surface area contributed by atoms with Crippen LogP contribution < -0.4 is 4.74 Å². The second-order valence-electron chi connectivity index (χ2n) is 5.49. The minimum Gasteiger partial charge on any atom is -0.497 e. The number of hydrogen-bond donors (Lipinski definition) is 1. The Balaban J connectivity index is 1.90. The van der Waals surface area contributed by atoms with Crippen molar-refractivity contribution in [2.24, 2.45) is 5.92 Å². The number of aliphatic hydroxyl groups is 1. The van der Waals surface area contributed by atoms with Gasteiger partial charge in [-0.3, -0.25) is 0 Å². The molecule has 0 bridgehead atoms. The van der Waals surface area contributed by atoms with Crippen LogP contribution in [0, 0.1) is 5.92 Å². The Labute approximate surface area is 115 Å². The topological polar surface area (TPSA) is 38.7 Å². The molecule has 1 aromatic rings. The molecule has 1 N–H and O–H groups in total. The Kier molecular flexibility index (Phi) is 5.23. The van der Waals surface area contributed by atoms with E-state index in [1.165, 1.54) is 5.56 Å². The molecule has 0 amide bonds. The van der Waals surface area contributed by atoms with Gasteiger partial charge in [0, 0.05) is 6.61 Å². The monoisotopic (exact) mass is 264 g/mol. The van der Waals surface area contributed by atoms with Crippen molar-refractivity contribution in [1.29, 1.82) is 0 Å². The highest BCUT2D eigenvalue weighted by Crippen LogP contribution is 2.26. The smallest absolute Gasteiger partial charge is 0.119 e. The van der Waals surface area contributed by atoms with E-state index in [1.54, 1.807) is 7.11 Å². The van der Waals surface area contributed by atoms with Crippen molar-refractivity contribution in [2.75, 3.05) is 13.7 Å². The third kappa shape index (κ3) is 4.22. The molecule has 106 valence electrons. The summed E-state index contributed by atoms with van der Waals surface area (Å²) >= 11 is 0. The molecule has 0 aliphatic carbocycles. The first kappa shape index (κ1) is 14.4. The van der Waals surface area contributed by atoms with Crippen molar-refractivity contribution in [3.63, 3.8) is 0 Å². The van der Waals surface area contributed by atoms with E-state index < -0.39 is 0 Å². The largest absolute Gasteiger partial charge is 0.497 e. The molecule has 1 heterocycles. The van der Waals surface area contributed by atoms with E-state index in [4.69, 9.17) is 9.47 Å². The molecule has 3 atom stereocenters. The molecule has 1 saturated heterocycles. The number of benzene rings is 1. The second kappa shape index (κ2) is 6.92. The number of rotatable bonds is 6. The molecule has 3 heteroatoms. The zero-order valence-electron chi connectivity index (χ0n) is 11.8. The number of hydrogen-bond acceptors (Lipinski definition) is 3. The maximum atomic E-state index is 9.55. The summed E-state index contributed by atoms with van der Waals surface area (Å²) in [5.41, 5.74) is 1.21. The second-order valence-corrected chi connectivity index (χ2v) is 5.49. The third-order valence-corrected chi connectivity index (χ3v) is 3.83. The van der Waals surface area contributed by atoms with Crippen LogP contribution in [-0.2, 0) is 11.2 Å². The normalized spacial score (nSPS) is 24.4. The quantitative estimate of drug-likeness (QED) is 0.858. The first-order chi connectivity index (χ1) is 9.21. The first-order valence-electron chi connectivity index (χ1n) is 7.10. The molecule has 2 rings (SSSR count). The molecule has 0 spiro atoms. The zero-order chi connectivity index (χ0) is 13.7. The highest BCUT2D eigenvalue weighted by molar-refractivity contribution is 5.28. The number of methoxy groups -OCH3 is 1.